The Labute approximate surface area is 152 Å². The second-order valence-electron chi connectivity index (χ2n) is 6.67. The van der Waals surface area contributed by atoms with Crippen molar-refractivity contribution < 1.29 is 9.53 Å². The number of carbonyl (C=O) groups is 1. The third-order valence-electron chi connectivity index (χ3n) is 4.32. The number of hydrogen-bond donors (Lipinski definition) is 1. The summed E-state index contributed by atoms with van der Waals surface area (Å²) < 4.78 is 6.83. The number of hydrogen-bond acceptors (Lipinski definition) is 5. The topological polar surface area (TPSA) is 76.5 Å². The lowest BCUT2D eigenvalue weighted by molar-refractivity contribution is 0.102. The summed E-state index contributed by atoms with van der Waals surface area (Å²) in [6.45, 7) is 8.05. The Bertz CT molecular complexity index is 854. The Balaban J connectivity index is 1.99. The van der Waals surface area contributed by atoms with Crippen LogP contribution in [0.3, 0.4) is 0 Å². The van der Waals surface area contributed by atoms with Crippen LogP contribution >= 0.6 is 0 Å². The van der Waals surface area contributed by atoms with Gasteiger partial charge in [0.05, 0.1) is 31.1 Å². The van der Waals surface area contributed by atoms with Gasteiger partial charge in [0.15, 0.2) is 0 Å². The number of nitrogens with one attached hydrogen (secondary N) is 1. The van der Waals surface area contributed by atoms with Crippen LogP contribution in [0.5, 0.6) is 0 Å². The van der Waals surface area contributed by atoms with E-state index in [4.69, 9.17) is 4.74 Å². The van der Waals surface area contributed by atoms with E-state index in [0.29, 0.717) is 43.2 Å². The summed E-state index contributed by atoms with van der Waals surface area (Å²) in [5.41, 5.74) is 2.24. The molecule has 2 heterocycles. The van der Waals surface area contributed by atoms with E-state index in [0.717, 1.165) is 5.56 Å². The molecule has 0 radical (unpaired) electrons. The van der Waals surface area contributed by atoms with Crippen LogP contribution in [-0.2, 0) is 4.74 Å². The highest BCUT2D eigenvalue weighted by Crippen LogP contribution is 2.23. The second kappa shape index (κ2) is 7.70. The van der Waals surface area contributed by atoms with Crippen LogP contribution < -0.4 is 15.8 Å². The zero-order valence-electron chi connectivity index (χ0n) is 15.4. The van der Waals surface area contributed by atoms with Gasteiger partial charge in [-0.2, -0.15) is 5.10 Å². The molecule has 7 heteroatoms. The second-order valence-corrected chi connectivity index (χ2v) is 6.67. The quantitative estimate of drug-likeness (QED) is 0.909. The van der Waals surface area contributed by atoms with E-state index in [9.17, 15) is 9.59 Å². The lowest BCUT2D eigenvalue weighted by atomic mass is 10.1. The SMILES string of the molecule is Cc1cccc(C(=O)Nc2cnn(C(C)C)c(=O)c2N2CCOCC2)c1. The predicted molar refractivity (Wildman–Crippen MR) is 101 cm³/mol. The molecule has 1 N–H and O–H groups in total. The fourth-order valence-corrected chi connectivity index (χ4v) is 2.99. The highest BCUT2D eigenvalue weighted by Gasteiger charge is 2.22. The van der Waals surface area contributed by atoms with Crippen molar-refractivity contribution in [3.63, 3.8) is 0 Å². The minimum Gasteiger partial charge on any atom is -0.378 e. The highest BCUT2D eigenvalue weighted by molar-refractivity contribution is 6.05. The molecule has 0 saturated carbocycles. The highest BCUT2D eigenvalue weighted by atomic mass is 16.5. The van der Waals surface area contributed by atoms with Crippen LogP contribution in [0.4, 0.5) is 11.4 Å². The van der Waals surface area contributed by atoms with Gasteiger partial charge in [-0.25, -0.2) is 4.68 Å². The van der Waals surface area contributed by atoms with Crippen LogP contribution in [0.25, 0.3) is 0 Å². The van der Waals surface area contributed by atoms with Gasteiger partial charge in [0.2, 0.25) is 0 Å². The van der Waals surface area contributed by atoms with Crippen LogP contribution in [0, 0.1) is 6.92 Å². The number of aromatic nitrogens is 2. The van der Waals surface area contributed by atoms with Gasteiger partial charge in [-0.3, -0.25) is 9.59 Å². The molecular formula is C19H24N4O3. The first kappa shape index (κ1) is 18.1. The number of ether oxygens (including phenoxy) is 1. The molecular weight excluding hydrogens is 332 g/mol. The molecule has 0 spiro atoms. The Kier molecular flexibility index (Phi) is 5.37. The van der Waals surface area contributed by atoms with E-state index in [1.54, 1.807) is 12.3 Å². The fourth-order valence-electron chi connectivity index (χ4n) is 2.99. The molecule has 1 aliphatic rings. The summed E-state index contributed by atoms with van der Waals surface area (Å²) in [5, 5.41) is 7.09. The molecule has 1 amide bonds. The lowest BCUT2D eigenvalue weighted by Gasteiger charge is -2.30. The normalized spacial score (nSPS) is 14.5. The average Bonchev–Trinajstić information content (AvgIpc) is 2.62. The summed E-state index contributed by atoms with van der Waals surface area (Å²) >= 11 is 0. The van der Waals surface area contributed by atoms with Crippen LogP contribution in [-0.4, -0.2) is 42.0 Å². The first-order valence-corrected chi connectivity index (χ1v) is 8.80. The summed E-state index contributed by atoms with van der Waals surface area (Å²) in [6.07, 6.45) is 1.56. The van der Waals surface area contributed by atoms with Crippen molar-refractivity contribution in [2.45, 2.75) is 26.8 Å². The van der Waals surface area contributed by atoms with Gasteiger partial charge in [0.1, 0.15) is 5.69 Å². The monoisotopic (exact) mass is 356 g/mol. The van der Waals surface area contributed by atoms with E-state index in [-0.39, 0.29) is 17.5 Å². The third kappa shape index (κ3) is 3.77. The number of morpholine rings is 1. The Morgan fingerprint density at radius 2 is 2.00 bits per heavy atom. The molecule has 0 unspecified atom stereocenters. The van der Waals surface area contributed by atoms with Crippen molar-refractivity contribution in [2.75, 3.05) is 36.5 Å². The molecule has 1 aromatic heterocycles. The molecule has 1 saturated heterocycles. The first-order valence-electron chi connectivity index (χ1n) is 8.80. The van der Waals surface area contributed by atoms with Crippen LogP contribution in [0.1, 0.15) is 35.8 Å². The fraction of sp³-hybridized carbons (Fsp3) is 0.421. The number of aryl methyl sites for hydroxylation is 1. The standard InChI is InChI=1S/C19H24N4O3/c1-13(2)23-19(25)17(22-7-9-26-10-8-22)16(12-20-23)21-18(24)15-6-4-5-14(3)11-15/h4-6,11-13H,7-10H2,1-3H3,(H,21,24). The summed E-state index contributed by atoms with van der Waals surface area (Å²) in [5.74, 6) is -0.258. The molecule has 26 heavy (non-hydrogen) atoms. The van der Waals surface area contributed by atoms with E-state index in [2.05, 4.69) is 10.4 Å². The number of benzene rings is 1. The van der Waals surface area contributed by atoms with Gasteiger partial charge >= 0.3 is 0 Å². The van der Waals surface area contributed by atoms with E-state index in [1.807, 2.05) is 43.9 Å². The average molecular weight is 356 g/mol. The first-order chi connectivity index (χ1) is 12.5. The molecule has 3 rings (SSSR count). The predicted octanol–water partition coefficient (Wildman–Crippen LogP) is 2.22. The lowest BCUT2D eigenvalue weighted by Crippen LogP contribution is -2.42. The molecule has 7 nitrogen and oxygen atoms in total. The minimum atomic E-state index is -0.258. The molecule has 0 atom stereocenters. The van der Waals surface area contributed by atoms with Crippen molar-refractivity contribution in [3.05, 3.63) is 51.9 Å². The van der Waals surface area contributed by atoms with E-state index >= 15 is 0 Å². The van der Waals surface area contributed by atoms with Crippen molar-refractivity contribution in [2.24, 2.45) is 0 Å². The number of nitrogens with zero attached hydrogens (tertiary/aromatic N) is 3. The molecule has 0 bridgehead atoms. The van der Waals surface area contributed by atoms with Crippen molar-refractivity contribution in [1.29, 1.82) is 0 Å². The smallest absolute Gasteiger partial charge is 0.292 e. The molecule has 1 aromatic carbocycles. The Morgan fingerprint density at radius 3 is 2.65 bits per heavy atom. The maximum absolute atomic E-state index is 13.0. The van der Waals surface area contributed by atoms with Gasteiger partial charge < -0.3 is 15.0 Å². The van der Waals surface area contributed by atoms with Crippen LogP contribution in [0.15, 0.2) is 35.3 Å². The zero-order valence-corrected chi connectivity index (χ0v) is 15.4. The minimum absolute atomic E-state index is 0.0659. The molecule has 0 aliphatic carbocycles. The Hall–Kier alpha value is -2.67. The zero-order chi connectivity index (χ0) is 18.7. The molecule has 1 fully saturated rings. The molecule has 2 aromatic rings. The maximum Gasteiger partial charge on any atom is 0.292 e. The van der Waals surface area contributed by atoms with Gasteiger partial charge in [-0.1, -0.05) is 17.7 Å². The van der Waals surface area contributed by atoms with Gasteiger partial charge in [-0.15, -0.1) is 0 Å². The maximum atomic E-state index is 13.0. The number of rotatable bonds is 4. The molecule has 138 valence electrons. The third-order valence-corrected chi connectivity index (χ3v) is 4.32. The van der Waals surface area contributed by atoms with Gasteiger partial charge in [0, 0.05) is 18.7 Å². The summed E-state index contributed by atoms with van der Waals surface area (Å²) in [7, 11) is 0. The van der Waals surface area contributed by atoms with Crippen LogP contribution in [0.2, 0.25) is 0 Å². The summed E-state index contributed by atoms with van der Waals surface area (Å²) in [4.78, 5) is 27.6. The van der Waals surface area contributed by atoms with Gasteiger partial charge in [0.25, 0.3) is 11.5 Å². The van der Waals surface area contributed by atoms with Gasteiger partial charge in [-0.05, 0) is 32.9 Å². The number of anilines is 2. The number of amides is 1. The summed E-state index contributed by atoms with van der Waals surface area (Å²) in [6, 6.07) is 7.26. The Morgan fingerprint density at radius 1 is 1.27 bits per heavy atom. The van der Waals surface area contributed by atoms with Crippen molar-refractivity contribution >= 4 is 17.3 Å². The number of carbonyl (C=O) groups excluding carboxylic acids is 1. The van der Waals surface area contributed by atoms with E-state index in [1.165, 1.54) is 4.68 Å². The largest absolute Gasteiger partial charge is 0.378 e. The van der Waals surface area contributed by atoms with Crippen molar-refractivity contribution in [1.82, 2.24) is 9.78 Å². The van der Waals surface area contributed by atoms with Crippen molar-refractivity contribution in [3.8, 4) is 0 Å². The van der Waals surface area contributed by atoms with E-state index < -0.39 is 0 Å². The molecule has 1 aliphatic heterocycles.